The van der Waals surface area contributed by atoms with Crippen molar-refractivity contribution in [2.75, 3.05) is 27.2 Å². The highest BCUT2D eigenvalue weighted by atomic mass is 16.5. The Labute approximate surface area is 147 Å². The van der Waals surface area contributed by atoms with Crippen LogP contribution in [0, 0.1) is 0 Å². The van der Waals surface area contributed by atoms with Gasteiger partial charge in [-0.05, 0) is 45.1 Å². The first-order valence-electron chi connectivity index (χ1n) is 8.53. The molecule has 2 aliphatic heterocycles. The standard InChI is InChI=1S/C18H24N4O3/c1-13(23)22-18(25-16(19-22)14-7-5-4-6-8-14)17(24)21(3)15-9-11-20(2)12-10-15/h4-8,15,18H,9-12H2,1-3H3. The zero-order chi connectivity index (χ0) is 18.0. The van der Waals surface area contributed by atoms with Gasteiger partial charge in [0.05, 0.1) is 0 Å². The summed E-state index contributed by atoms with van der Waals surface area (Å²) >= 11 is 0. The average molecular weight is 344 g/mol. The zero-order valence-corrected chi connectivity index (χ0v) is 14.9. The van der Waals surface area contributed by atoms with E-state index in [0.717, 1.165) is 36.5 Å². The lowest BCUT2D eigenvalue weighted by atomic mass is 10.0. The molecular formula is C18H24N4O3. The molecule has 7 nitrogen and oxygen atoms in total. The molecule has 25 heavy (non-hydrogen) atoms. The van der Waals surface area contributed by atoms with E-state index in [9.17, 15) is 9.59 Å². The van der Waals surface area contributed by atoms with Gasteiger partial charge in [0.15, 0.2) is 0 Å². The maximum absolute atomic E-state index is 12.9. The summed E-state index contributed by atoms with van der Waals surface area (Å²) in [5.41, 5.74) is 0.742. The van der Waals surface area contributed by atoms with Crippen molar-refractivity contribution in [3.63, 3.8) is 0 Å². The number of likely N-dealkylation sites (N-methyl/N-ethyl adjacent to an activating group) is 1. The fourth-order valence-corrected chi connectivity index (χ4v) is 3.16. The number of rotatable bonds is 3. The number of benzene rings is 1. The second-order valence-electron chi connectivity index (χ2n) is 6.59. The normalized spacial score (nSPS) is 21.6. The van der Waals surface area contributed by atoms with Crippen molar-refractivity contribution in [2.45, 2.75) is 32.0 Å². The van der Waals surface area contributed by atoms with E-state index in [1.807, 2.05) is 30.3 Å². The molecule has 2 amide bonds. The van der Waals surface area contributed by atoms with Crippen LogP contribution in [-0.2, 0) is 14.3 Å². The van der Waals surface area contributed by atoms with Gasteiger partial charge in [-0.25, -0.2) is 0 Å². The van der Waals surface area contributed by atoms with Gasteiger partial charge >= 0.3 is 0 Å². The van der Waals surface area contributed by atoms with Crippen LogP contribution < -0.4 is 0 Å². The van der Waals surface area contributed by atoms with Crippen molar-refractivity contribution in [1.29, 1.82) is 0 Å². The van der Waals surface area contributed by atoms with Gasteiger partial charge in [0.2, 0.25) is 11.8 Å². The second-order valence-corrected chi connectivity index (χ2v) is 6.59. The summed E-state index contributed by atoms with van der Waals surface area (Å²) in [6, 6.07) is 9.44. The fraction of sp³-hybridized carbons (Fsp3) is 0.500. The Hall–Kier alpha value is -2.41. The summed E-state index contributed by atoms with van der Waals surface area (Å²) in [5, 5.41) is 5.36. The topological polar surface area (TPSA) is 65.5 Å². The van der Waals surface area contributed by atoms with E-state index >= 15 is 0 Å². The van der Waals surface area contributed by atoms with Crippen LogP contribution in [-0.4, -0.2) is 72.0 Å². The van der Waals surface area contributed by atoms with E-state index in [4.69, 9.17) is 4.74 Å². The average Bonchev–Trinajstić information content (AvgIpc) is 3.07. The lowest BCUT2D eigenvalue weighted by Gasteiger charge is -2.36. The van der Waals surface area contributed by atoms with Crippen molar-refractivity contribution in [1.82, 2.24) is 14.8 Å². The van der Waals surface area contributed by atoms with Crippen molar-refractivity contribution < 1.29 is 14.3 Å². The Bertz CT molecular complexity index is 668. The monoisotopic (exact) mass is 344 g/mol. The third-order valence-electron chi connectivity index (χ3n) is 4.78. The molecule has 1 unspecified atom stereocenters. The molecule has 0 radical (unpaired) electrons. The van der Waals surface area contributed by atoms with E-state index in [0.29, 0.717) is 5.90 Å². The first-order chi connectivity index (χ1) is 12.0. The molecule has 0 spiro atoms. The molecule has 134 valence electrons. The molecule has 0 aromatic heterocycles. The largest absolute Gasteiger partial charge is 0.440 e. The van der Waals surface area contributed by atoms with Crippen molar-refractivity contribution in [3.05, 3.63) is 35.9 Å². The van der Waals surface area contributed by atoms with Crippen LogP contribution in [0.3, 0.4) is 0 Å². The number of nitrogens with zero attached hydrogens (tertiary/aromatic N) is 4. The number of likely N-dealkylation sites (tertiary alicyclic amines) is 1. The molecule has 1 saturated heterocycles. The maximum Gasteiger partial charge on any atom is 0.287 e. The molecule has 3 rings (SSSR count). The highest BCUT2D eigenvalue weighted by molar-refractivity contribution is 5.99. The van der Waals surface area contributed by atoms with Gasteiger partial charge in [0.25, 0.3) is 12.1 Å². The summed E-state index contributed by atoms with van der Waals surface area (Å²) in [6.45, 7) is 3.29. The van der Waals surface area contributed by atoms with Gasteiger partial charge < -0.3 is 14.5 Å². The number of ether oxygens (including phenoxy) is 1. The Morgan fingerprint density at radius 3 is 2.44 bits per heavy atom. The molecule has 1 fully saturated rings. The highest BCUT2D eigenvalue weighted by Gasteiger charge is 2.40. The quantitative estimate of drug-likeness (QED) is 0.824. The van der Waals surface area contributed by atoms with Gasteiger partial charge in [0.1, 0.15) is 0 Å². The number of carbonyl (C=O) groups is 2. The first-order valence-corrected chi connectivity index (χ1v) is 8.53. The number of hydrogen-bond donors (Lipinski definition) is 0. The summed E-state index contributed by atoms with van der Waals surface area (Å²) in [6.07, 6.45) is 0.799. The van der Waals surface area contributed by atoms with Crippen LogP contribution in [0.25, 0.3) is 0 Å². The highest BCUT2D eigenvalue weighted by Crippen LogP contribution is 2.22. The van der Waals surface area contributed by atoms with Crippen LogP contribution in [0.1, 0.15) is 25.3 Å². The predicted octanol–water partition coefficient (Wildman–Crippen LogP) is 1.11. The SMILES string of the molecule is CC(=O)N1N=C(c2ccccc2)OC1C(=O)N(C)C1CCN(C)CC1. The number of carbonyl (C=O) groups excluding carboxylic acids is 2. The van der Waals surface area contributed by atoms with Gasteiger partial charge in [-0.2, -0.15) is 5.01 Å². The molecular weight excluding hydrogens is 320 g/mol. The molecule has 1 atom stereocenters. The number of hydrazone groups is 1. The molecule has 0 aliphatic carbocycles. The number of amides is 2. The third kappa shape index (κ3) is 3.66. The Kier molecular flexibility index (Phi) is 5.03. The summed E-state index contributed by atoms with van der Waals surface area (Å²) in [5.74, 6) is -0.258. The van der Waals surface area contributed by atoms with E-state index in [1.165, 1.54) is 6.92 Å². The lowest BCUT2D eigenvalue weighted by molar-refractivity contribution is -0.155. The van der Waals surface area contributed by atoms with Crippen LogP contribution in [0.5, 0.6) is 0 Å². The van der Waals surface area contributed by atoms with Crippen LogP contribution >= 0.6 is 0 Å². The van der Waals surface area contributed by atoms with Gasteiger partial charge in [0, 0.05) is 25.6 Å². The fourth-order valence-electron chi connectivity index (χ4n) is 3.16. The molecule has 1 aromatic carbocycles. The minimum absolute atomic E-state index is 0.155. The van der Waals surface area contributed by atoms with Crippen molar-refractivity contribution in [3.8, 4) is 0 Å². The minimum Gasteiger partial charge on any atom is -0.440 e. The van der Waals surface area contributed by atoms with Crippen molar-refractivity contribution >= 4 is 17.7 Å². The van der Waals surface area contributed by atoms with E-state index in [1.54, 1.807) is 11.9 Å². The van der Waals surface area contributed by atoms with Gasteiger partial charge in [-0.1, -0.05) is 18.2 Å². The molecule has 7 heteroatoms. The number of piperidine rings is 1. The van der Waals surface area contributed by atoms with E-state index in [-0.39, 0.29) is 17.9 Å². The van der Waals surface area contributed by atoms with Gasteiger partial charge in [-0.15, -0.1) is 5.10 Å². The minimum atomic E-state index is -1.03. The smallest absolute Gasteiger partial charge is 0.287 e. The van der Waals surface area contributed by atoms with Gasteiger partial charge in [-0.3, -0.25) is 9.59 Å². The number of hydrogen-bond acceptors (Lipinski definition) is 5. The zero-order valence-electron chi connectivity index (χ0n) is 14.9. The van der Waals surface area contributed by atoms with Crippen LogP contribution in [0.15, 0.2) is 35.4 Å². The molecule has 2 heterocycles. The third-order valence-corrected chi connectivity index (χ3v) is 4.78. The van der Waals surface area contributed by atoms with Crippen LogP contribution in [0.2, 0.25) is 0 Å². The predicted molar refractivity (Wildman–Crippen MR) is 93.7 cm³/mol. The second kappa shape index (κ2) is 7.23. The van der Waals surface area contributed by atoms with E-state index in [2.05, 4.69) is 17.0 Å². The summed E-state index contributed by atoms with van der Waals surface area (Å²) < 4.78 is 5.77. The molecule has 0 bridgehead atoms. The Balaban J connectivity index is 1.74. The molecule has 2 aliphatic rings. The van der Waals surface area contributed by atoms with E-state index < -0.39 is 6.23 Å². The summed E-state index contributed by atoms with van der Waals surface area (Å²) in [7, 11) is 3.86. The Morgan fingerprint density at radius 2 is 1.84 bits per heavy atom. The molecule has 1 aromatic rings. The summed E-state index contributed by atoms with van der Waals surface area (Å²) in [4.78, 5) is 28.8. The van der Waals surface area contributed by atoms with Crippen LogP contribution in [0.4, 0.5) is 0 Å². The van der Waals surface area contributed by atoms with Crippen molar-refractivity contribution in [2.24, 2.45) is 5.10 Å². The molecule has 0 N–H and O–H groups in total. The first kappa shape index (κ1) is 17.4. The maximum atomic E-state index is 12.9. The lowest BCUT2D eigenvalue weighted by Crippen LogP contribution is -2.51. The molecule has 0 saturated carbocycles. The Morgan fingerprint density at radius 1 is 1.20 bits per heavy atom.